The van der Waals surface area contributed by atoms with Crippen molar-refractivity contribution in [3.8, 4) is 0 Å². The molecule has 3 N–H and O–H groups in total. The Bertz CT molecular complexity index is 774. The molecule has 1 aliphatic carbocycles. The molecule has 0 aromatic heterocycles. The first-order valence-electron chi connectivity index (χ1n) is 13.6. The lowest BCUT2D eigenvalue weighted by atomic mass is 9.74. The monoisotopic (exact) mass is 507 g/mol. The highest BCUT2D eigenvalue weighted by Gasteiger charge is 2.41. The van der Waals surface area contributed by atoms with Crippen molar-refractivity contribution in [3.05, 3.63) is 34.9 Å². The molecule has 2 amide bonds. The highest BCUT2D eigenvalue weighted by molar-refractivity contribution is 6.30. The number of hydrogen-bond acceptors (Lipinski definition) is 4. The first-order chi connectivity index (χ1) is 17.0. The average molecular weight is 508 g/mol. The third-order valence-electron chi connectivity index (χ3n) is 8.12. The number of likely N-dealkylation sites (tertiary alicyclic amines) is 1. The first kappa shape index (κ1) is 28.2. The number of piperidine rings is 1. The number of aliphatic hydroxyl groups is 1. The minimum atomic E-state index is -1.02. The fraction of sp³-hybridized carbons (Fsp3) is 0.750. The Labute approximate surface area is 217 Å². The predicted octanol–water partition coefficient (Wildman–Crippen LogP) is 5.32. The van der Waals surface area contributed by atoms with Gasteiger partial charge in [-0.1, -0.05) is 55.8 Å². The van der Waals surface area contributed by atoms with Gasteiger partial charge in [-0.05, 0) is 69.2 Å². The molecule has 3 atom stereocenters. The lowest BCUT2D eigenvalue weighted by molar-refractivity contribution is -0.0563. The van der Waals surface area contributed by atoms with Crippen LogP contribution in [0, 0.1) is 11.8 Å². The van der Waals surface area contributed by atoms with E-state index in [2.05, 4.69) is 10.6 Å². The van der Waals surface area contributed by atoms with Gasteiger partial charge in [0, 0.05) is 50.3 Å². The van der Waals surface area contributed by atoms with Gasteiger partial charge in [0.05, 0.1) is 5.60 Å². The van der Waals surface area contributed by atoms with Gasteiger partial charge >= 0.3 is 6.03 Å². The van der Waals surface area contributed by atoms with Gasteiger partial charge in [0.1, 0.15) is 0 Å². The SMILES string of the molecule is CNC(CNC(=O)N1CCCC([C@@](O)(CCCCOC)c2cccc(Cl)c2)C1)CC1CCCCC1. The zero-order chi connectivity index (χ0) is 25.1. The molecule has 3 rings (SSSR count). The summed E-state index contributed by atoms with van der Waals surface area (Å²) in [6.45, 7) is 2.59. The third-order valence-corrected chi connectivity index (χ3v) is 8.35. The summed E-state index contributed by atoms with van der Waals surface area (Å²) in [6, 6.07) is 7.85. The predicted molar refractivity (Wildman–Crippen MR) is 143 cm³/mol. The number of hydrogen-bond donors (Lipinski definition) is 3. The molecule has 198 valence electrons. The van der Waals surface area contributed by atoms with E-state index < -0.39 is 5.60 Å². The summed E-state index contributed by atoms with van der Waals surface area (Å²) in [7, 11) is 3.69. The standard InChI is InChI=1S/C28H46ClN3O3/c1-30-26(18-22-10-4-3-5-11-22)20-31-27(33)32-16-9-13-24(21-32)28(34,15-6-7-17-35-2)23-12-8-14-25(29)19-23/h8,12,14,19,22,24,26,30,34H,3-7,9-11,13,15-18,20-21H2,1-2H3,(H,31,33)/t24?,26?,28-/m1/s1. The Morgan fingerprint density at radius 3 is 2.74 bits per heavy atom. The number of unbranched alkanes of at least 4 members (excludes halogenated alkanes) is 1. The largest absolute Gasteiger partial charge is 0.385 e. The minimum Gasteiger partial charge on any atom is -0.385 e. The molecule has 35 heavy (non-hydrogen) atoms. The summed E-state index contributed by atoms with van der Waals surface area (Å²) in [6.07, 6.45) is 11.9. The Balaban J connectivity index is 1.61. The van der Waals surface area contributed by atoms with Gasteiger partial charge in [0.25, 0.3) is 0 Å². The minimum absolute atomic E-state index is 0.0218. The molecule has 1 saturated heterocycles. The third kappa shape index (κ3) is 8.34. The molecule has 6 nitrogen and oxygen atoms in total. The van der Waals surface area contributed by atoms with Crippen LogP contribution in [-0.2, 0) is 10.3 Å². The van der Waals surface area contributed by atoms with E-state index in [1.165, 1.54) is 32.1 Å². The molecule has 1 saturated carbocycles. The average Bonchev–Trinajstić information content (AvgIpc) is 2.89. The van der Waals surface area contributed by atoms with Crippen molar-refractivity contribution in [3.63, 3.8) is 0 Å². The van der Waals surface area contributed by atoms with Crippen LogP contribution >= 0.6 is 11.6 Å². The van der Waals surface area contributed by atoms with Crippen molar-refractivity contribution >= 4 is 17.6 Å². The Morgan fingerprint density at radius 2 is 2.03 bits per heavy atom. The summed E-state index contributed by atoms with van der Waals surface area (Å²) in [5, 5.41) is 19.2. The lowest BCUT2D eigenvalue weighted by Crippen LogP contribution is -2.52. The topological polar surface area (TPSA) is 73.8 Å². The number of amides is 2. The molecule has 0 bridgehead atoms. The van der Waals surface area contributed by atoms with Crippen LogP contribution < -0.4 is 10.6 Å². The lowest BCUT2D eigenvalue weighted by Gasteiger charge is -2.43. The zero-order valence-corrected chi connectivity index (χ0v) is 22.5. The van der Waals surface area contributed by atoms with Crippen molar-refractivity contribution in [2.75, 3.05) is 40.4 Å². The number of benzene rings is 1. The summed E-state index contributed by atoms with van der Waals surface area (Å²) in [5.41, 5.74) is -0.177. The second-order valence-electron chi connectivity index (χ2n) is 10.6. The number of carbonyl (C=O) groups is 1. The van der Waals surface area contributed by atoms with E-state index in [1.54, 1.807) is 7.11 Å². The fourth-order valence-corrected chi connectivity index (χ4v) is 6.18. The molecule has 7 heteroatoms. The molecule has 1 aromatic carbocycles. The highest BCUT2D eigenvalue weighted by Crippen LogP contribution is 2.40. The second-order valence-corrected chi connectivity index (χ2v) is 11.0. The van der Waals surface area contributed by atoms with E-state index >= 15 is 0 Å². The molecular formula is C28H46ClN3O3. The van der Waals surface area contributed by atoms with Gasteiger partial charge in [0.2, 0.25) is 0 Å². The van der Waals surface area contributed by atoms with Gasteiger partial charge in [0.15, 0.2) is 0 Å². The number of carbonyl (C=O) groups excluding carboxylic acids is 1. The number of nitrogens with one attached hydrogen (secondary N) is 2. The van der Waals surface area contributed by atoms with Crippen LogP contribution in [0.5, 0.6) is 0 Å². The number of likely N-dealkylation sites (N-methyl/N-ethyl adjacent to an activating group) is 1. The van der Waals surface area contributed by atoms with E-state index in [-0.39, 0.29) is 11.9 Å². The van der Waals surface area contributed by atoms with E-state index in [0.29, 0.717) is 37.2 Å². The number of rotatable bonds is 12. The number of ether oxygens (including phenoxy) is 1. The Morgan fingerprint density at radius 1 is 1.23 bits per heavy atom. The quantitative estimate of drug-likeness (QED) is 0.334. The normalized spacial score (nSPS) is 21.9. The van der Waals surface area contributed by atoms with Crippen LogP contribution in [0.1, 0.15) is 76.2 Å². The van der Waals surface area contributed by atoms with Gasteiger partial charge < -0.3 is 25.4 Å². The van der Waals surface area contributed by atoms with E-state index in [9.17, 15) is 9.90 Å². The van der Waals surface area contributed by atoms with Crippen molar-refractivity contribution in [1.82, 2.24) is 15.5 Å². The van der Waals surface area contributed by atoms with Crippen molar-refractivity contribution in [1.29, 1.82) is 0 Å². The second kappa shape index (κ2) is 14.4. The molecule has 0 radical (unpaired) electrons. The molecule has 1 aromatic rings. The van der Waals surface area contributed by atoms with E-state index in [0.717, 1.165) is 50.1 Å². The molecule has 1 heterocycles. The van der Waals surface area contributed by atoms with Crippen molar-refractivity contribution in [2.45, 2.75) is 82.3 Å². The summed E-state index contributed by atoms with van der Waals surface area (Å²) < 4.78 is 5.21. The van der Waals surface area contributed by atoms with Crippen LogP contribution in [0.3, 0.4) is 0 Å². The summed E-state index contributed by atoms with van der Waals surface area (Å²) in [5.74, 6) is 0.730. The maximum Gasteiger partial charge on any atom is 0.317 e. The maximum absolute atomic E-state index is 13.1. The molecule has 2 unspecified atom stereocenters. The van der Waals surface area contributed by atoms with Crippen LogP contribution in [0.2, 0.25) is 5.02 Å². The van der Waals surface area contributed by atoms with Crippen LogP contribution in [0.25, 0.3) is 0 Å². The summed E-state index contributed by atoms with van der Waals surface area (Å²) in [4.78, 5) is 15.0. The Hall–Kier alpha value is -1.34. The molecule has 0 spiro atoms. The zero-order valence-electron chi connectivity index (χ0n) is 21.7. The number of halogens is 1. The van der Waals surface area contributed by atoms with Crippen LogP contribution in [0.4, 0.5) is 4.79 Å². The van der Waals surface area contributed by atoms with E-state index in [1.807, 2.05) is 36.2 Å². The van der Waals surface area contributed by atoms with Gasteiger partial charge in [-0.2, -0.15) is 0 Å². The van der Waals surface area contributed by atoms with Gasteiger partial charge in [-0.15, -0.1) is 0 Å². The number of nitrogens with zero attached hydrogens (tertiary/aromatic N) is 1. The summed E-state index contributed by atoms with van der Waals surface area (Å²) >= 11 is 6.30. The van der Waals surface area contributed by atoms with Gasteiger partial charge in [-0.25, -0.2) is 4.79 Å². The van der Waals surface area contributed by atoms with Crippen LogP contribution in [-0.4, -0.2) is 62.5 Å². The molecular weight excluding hydrogens is 462 g/mol. The smallest absolute Gasteiger partial charge is 0.317 e. The maximum atomic E-state index is 13.1. The molecule has 1 aliphatic heterocycles. The number of urea groups is 1. The molecule has 2 aliphatic rings. The van der Waals surface area contributed by atoms with E-state index in [4.69, 9.17) is 16.3 Å². The van der Waals surface area contributed by atoms with Crippen LogP contribution in [0.15, 0.2) is 24.3 Å². The van der Waals surface area contributed by atoms with Gasteiger partial charge in [-0.3, -0.25) is 0 Å². The fourth-order valence-electron chi connectivity index (χ4n) is 5.99. The van der Waals surface area contributed by atoms with Crippen molar-refractivity contribution < 1.29 is 14.6 Å². The van der Waals surface area contributed by atoms with Crippen molar-refractivity contribution in [2.24, 2.45) is 11.8 Å². The first-order valence-corrected chi connectivity index (χ1v) is 14.0. The molecule has 2 fully saturated rings. The highest BCUT2D eigenvalue weighted by atomic mass is 35.5. The number of methoxy groups -OCH3 is 1. The Kier molecular flexibility index (Phi) is 11.6.